The molecule has 0 heterocycles. The van der Waals surface area contributed by atoms with Crippen LogP contribution in [0.1, 0.15) is 51.2 Å². The molecule has 1 atom stereocenters. The van der Waals surface area contributed by atoms with Gasteiger partial charge in [0, 0.05) is 0 Å². The molecule has 0 fully saturated rings. The second-order valence-corrected chi connectivity index (χ2v) is 4.49. The first-order chi connectivity index (χ1) is 6.45. The van der Waals surface area contributed by atoms with E-state index in [4.69, 9.17) is 0 Å². The van der Waals surface area contributed by atoms with E-state index >= 15 is 0 Å². The largest absolute Gasteiger partial charge is 0.386 e. The molecule has 1 N–H and O–H groups in total. The summed E-state index contributed by atoms with van der Waals surface area (Å²) in [4.78, 5) is 0. The maximum absolute atomic E-state index is 9.87. The van der Waals surface area contributed by atoms with E-state index in [0.29, 0.717) is 5.92 Å². The summed E-state index contributed by atoms with van der Waals surface area (Å²) in [6, 6.07) is 8.23. The van der Waals surface area contributed by atoms with Crippen LogP contribution in [0, 0.1) is 0 Å². The smallest absolute Gasteiger partial charge is 0.0840 e. The first kappa shape index (κ1) is 11.3. The Hall–Kier alpha value is -0.820. The monoisotopic (exact) mass is 192 g/mol. The first-order valence-corrected chi connectivity index (χ1v) is 5.28. The molecule has 1 heteroatoms. The van der Waals surface area contributed by atoms with E-state index in [2.05, 4.69) is 26.0 Å². The van der Waals surface area contributed by atoms with E-state index in [0.717, 1.165) is 12.0 Å². The quantitative estimate of drug-likeness (QED) is 0.778. The lowest BCUT2D eigenvalue weighted by molar-refractivity contribution is 0.0785. The van der Waals surface area contributed by atoms with Gasteiger partial charge in [0.15, 0.2) is 0 Å². The van der Waals surface area contributed by atoms with Gasteiger partial charge in [0.25, 0.3) is 0 Å². The van der Waals surface area contributed by atoms with Crippen LogP contribution >= 0.6 is 0 Å². The Morgan fingerprint density at radius 2 is 2.00 bits per heavy atom. The topological polar surface area (TPSA) is 20.2 Å². The average molecular weight is 192 g/mol. The van der Waals surface area contributed by atoms with Crippen molar-refractivity contribution >= 4 is 0 Å². The van der Waals surface area contributed by atoms with E-state index < -0.39 is 5.60 Å². The lowest BCUT2D eigenvalue weighted by Gasteiger charge is -2.19. The van der Waals surface area contributed by atoms with Crippen LogP contribution in [-0.4, -0.2) is 5.11 Å². The van der Waals surface area contributed by atoms with E-state index in [1.54, 1.807) is 0 Å². The molecule has 0 aliphatic heterocycles. The zero-order valence-electron chi connectivity index (χ0n) is 9.54. The van der Waals surface area contributed by atoms with Crippen LogP contribution < -0.4 is 0 Å². The molecule has 0 aromatic heterocycles. The molecular weight excluding hydrogens is 172 g/mol. The second kappa shape index (κ2) is 4.14. The highest BCUT2D eigenvalue weighted by Crippen LogP contribution is 2.25. The second-order valence-electron chi connectivity index (χ2n) is 4.49. The summed E-state index contributed by atoms with van der Waals surface area (Å²) in [5.41, 5.74) is 1.58. The molecule has 1 unspecified atom stereocenters. The van der Waals surface area contributed by atoms with Crippen LogP contribution in [0.4, 0.5) is 0 Å². The van der Waals surface area contributed by atoms with E-state index in [9.17, 15) is 5.11 Å². The highest BCUT2D eigenvalue weighted by Gasteiger charge is 2.16. The van der Waals surface area contributed by atoms with Gasteiger partial charge in [-0.3, -0.25) is 0 Å². The van der Waals surface area contributed by atoms with E-state index in [1.165, 1.54) is 5.56 Å². The Morgan fingerprint density at radius 3 is 2.50 bits per heavy atom. The summed E-state index contributed by atoms with van der Waals surface area (Å²) >= 11 is 0. The lowest BCUT2D eigenvalue weighted by atomic mass is 9.91. The van der Waals surface area contributed by atoms with Crippen molar-refractivity contribution in [1.29, 1.82) is 0 Å². The Kier molecular flexibility index (Phi) is 3.33. The Balaban J connectivity index is 3.01. The number of aliphatic hydroxyl groups is 1. The van der Waals surface area contributed by atoms with Gasteiger partial charge >= 0.3 is 0 Å². The lowest BCUT2D eigenvalue weighted by Crippen LogP contribution is -2.15. The zero-order valence-corrected chi connectivity index (χ0v) is 9.54. The number of hydrogen-bond acceptors (Lipinski definition) is 1. The van der Waals surface area contributed by atoms with Gasteiger partial charge in [0.05, 0.1) is 5.60 Å². The molecule has 1 nitrogen and oxygen atoms in total. The summed E-state index contributed by atoms with van der Waals surface area (Å²) < 4.78 is 0. The van der Waals surface area contributed by atoms with Crippen molar-refractivity contribution in [3.8, 4) is 0 Å². The summed E-state index contributed by atoms with van der Waals surface area (Å²) in [7, 11) is 0. The van der Waals surface area contributed by atoms with Crippen LogP contribution in [0.15, 0.2) is 24.3 Å². The normalized spacial score (nSPS) is 14.1. The Bertz CT molecular complexity index is 296. The molecule has 1 aromatic carbocycles. The summed E-state index contributed by atoms with van der Waals surface area (Å²) in [5.74, 6) is 0.567. The maximum atomic E-state index is 9.87. The SMILES string of the molecule is CCC(C)c1cccc(C(C)(C)O)c1. The predicted octanol–water partition coefficient (Wildman–Crippen LogP) is 3.43. The van der Waals surface area contributed by atoms with E-state index in [1.807, 2.05) is 26.0 Å². The molecule has 0 saturated heterocycles. The fourth-order valence-corrected chi connectivity index (χ4v) is 1.46. The summed E-state index contributed by atoms with van der Waals surface area (Å²) in [5, 5.41) is 9.87. The van der Waals surface area contributed by atoms with Gasteiger partial charge in [-0.25, -0.2) is 0 Å². The third kappa shape index (κ3) is 2.58. The van der Waals surface area contributed by atoms with Crippen LogP contribution in [0.2, 0.25) is 0 Å². The average Bonchev–Trinajstić information content (AvgIpc) is 2.15. The van der Waals surface area contributed by atoms with Crippen molar-refractivity contribution in [2.24, 2.45) is 0 Å². The van der Waals surface area contributed by atoms with Crippen molar-refractivity contribution < 1.29 is 5.11 Å². The molecule has 0 radical (unpaired) electrons. The number of rotatable bonds is 3. The van der Waals surface area contributed by atoms with E-state index in [-0.39, 0.29) is 0 Å². The molecular formula is C13H20O. The van der Waals surface area contributed by atoms with Gasteiger partial charge in [0.1, 0.15) is 0 Å². The van der Waals surface area contributed by atoms with Crippen molar-refractivity contribution in [3.05, 3.63) is 35.4 Å². The van der Waals surface area contributed by atoms with Crippen molar-refractivity contribution in [2.75, 3.05) is 0 Å². The van der Waals surface area contributed by atoms with Crippen molar-refractivity contribution in [2.45, 2.75) is 45.6 Å². The van der Waals surface area contributed by atoms with Gasteiger partial charge in [-0.2, -0.15) is 0 Å². The molecule has 0 aliphatic rings. The molecule has 0 spiro atoms. The zero-order chi connectivity index (χ0) is 10.8. The minimum absolute atomic E-state index is 0.567. The fourth-order valence-electron chi connectivity index (χ4n) is 1.46. The van der Waals surface area contributed by atoms with Crippen LogP contribution in [-0.2, 0) is 5.60 Å². The molecule has 78 valence electrons. The predicted molar refractivity (Wildman–Crippen MR) is 60.4 cm³/mol. The standard InChI is InChI=1S/C13H20O/c1-5-10(2)11-7-6-8-12(9-11)13(3,4)14/h6-10,14H,5H2,1-4H3. The molecule has 0 saturated carbocycles. The molecule has 14 heavy (non-hydrogen) atoms. The highest BCUT2D eigenvalue weighted by molar-refractivity contribution is 5.29. The van der Waals surface area contributed by atoms with Crippen LogP contribution in [0.25, 0.3) is 0 Å². The molecule has 0 bridgehead atoms. The minimum atomic E-state index is -0.733. The van der Waals surface area contributed by atoms with Gasteiger partial charge < -0.3 is 5.11 Å². The van der Waals surface area contributed by atoms with Gasteiger partial charge in [0.2, 0.25) is 0 Å². The Labute approximate surface area is 86.8 Å². The molecule has 1 aromatic rings. The number of hydrogen-bond donors (Lipinski definition) is 1. The van der Waals surface area contributed by atoms with Crippen LogP contribution in [0.5, 0.6) is 0 Å². The first-order valence-electron chi connectivity index (χ1n) is 5.28. The fraction of sp³-hybridized carbons (Fsp3) is 0.538. The third-order valence-electron chi connectivity index (χ3n) is 2.77. The summed E-state index contributed by atoms with van der Waals surface area (Å²) in [6.45, 7) is 8.04. The minimum Gasteiger partial charge on any atom is -0.386 e. The third-order valence-corrected chi connectivity index (χ3v) is 2.77. The summed E-state index contributed by atoms with van der Waals surface area (Å²) in [6.07, 6.45) is 1.13. The van der Waals surface area contributed by atoms with Gasteiger partial charge in [-0.05, 0) is 37.3 Å². The highest BCUT2D eigenvalue weighted by atomic mass is 16.3. The Morgan fingerprint density at radius 1 is 1.36 bits per heavy atom. The number of benzene rings is 1. The van der Waals surface area contributed by atoms with Gasteiger partial charge in [-0.1, -0.05) is 38.1 Å². The maximum Gasteiger partial charge on any atom is 0.0840 e. The van der Waals surface area contributed by atoms with Crippen molar-refractivity contribution in [1.82, 2.24) is 0 Å². The molecule has 0 aliphatic carbocycles. The van der Waals surface area contributed by atoms with Crippen molar-refractivity contribution in [3.63, 3.8) is 0 Å². The van der Waals surface area contributed by atoms with Crippen LogP contribution in [0.3, 0.4) is 0 Å². The van der Waals surface area contributed by atoms with Gasteiger partial charge in [-0.15, -0.1) is 0 Å². The molecule has 0 amide bonds. The molecule has 1 rings (SSSR count).